The Morgan fingerprint density at radius 1 is 1.43 bits per heavy atom. The lowest BCUT2D eigenvalue weighted by atomic mass is 10.2. The molecule has 0 bridgehead atoms. The maximum Gasteiger partial charge on any atom is 0.246 e. The molecule has 0 radical (unpaired) electrons. The second-order valence-electron chi connectivity index (χ2n) is 3.06. The number of likely N-dealkylation sites (N-methyl/N-ethyl adjacent to an activating group) is 1. The molecular weight excluding hydrogens is 180 g/mol. The van der Waals surface area contributed by atoms with Gasteiger partial charge in [0.2, 0.25) is 5.91 Å². The highest BCUT2D eigenvalue weighted by Gasteiger charge is 1.97. The lowest BCUT2D eigenvalue weighted by Gasteiger charge is -2.04. The SMILES string of the molecule is CN(C)C(=O)C=Cc1cc[n+]([O-])cc1. The molecule has 14 heavy (non-hydrogen) atoms. The molecule has 74 valence electrons. The minimum atomic E-state index is -0.0798. The van der Waals surface area contributed by atoms with Gasteiger partial charge < -0.3 is 10.1 Å². The lowest BCUT2D eigenvalue weighted by Crippen LogP contribution is -2.23. The van der Waals surface area contributed by atoms with Gasteiger partial charge in [-0.05, 0) is 11.6 Å². The largest absolute Gasteiger partial charge is 0.619 e. The van der Waals surface area contributed by atoms with Gasteiger partial charge in [-0.2, -0.15) is 4.73 Å². The number of hydrogen-bond donors (Lipinski definition) is 0. The molecule has 1 aromatic rings. The van der Waals surface area contributed by atoms with Crippen LogP contribution in [0.15, 0.2) is 30.6 Å². The van der Waals surface area contributed by atoms with E-state index in [4.69, 9.17) is 0 Å². The van der Waals surface area contributed by atoms with Crippen molar-refractivity contribution in [2.45, 2.75) is 0 Å². The number of amides is 1. The maximum atomic E-state index is 11.2. The van der Waals surface area contributed by atoms with Gasteiger partial charge in [0.15, 0.2) is 12.4 Å². The number of carbonyl (C=O) groups excluding carboxylic acids is 1. The van der Waals surface area contributed by atoms with E-state index < -0.39 is 0 Å². The van der Waals surface area contributed by atoms with Crippen LogP contribution < -0.4 is 4.73 Å². The van der Waals surface area contributed by atoms with Crippen molar-refractivity contribution in [1.82, 2.24) is 4.90 Å². The number of nitrogens with zero attached hydrogens (tertiary/aromatic N) is 2. The molecule has 0 spiro atoms. The third-order valence-electron chi connectivity index (χ3n) is 1.69. The van der Waals surface area contributed by atoms with E-state index in [0.717, 1.165) is 5.56 Å². The minimum absolute atomic E-state index is 0.0798. The van der Waals surface area contributed by atoms with Crippen molar-refractivity contribution in [2.75, 3.05) is 14.1 Å². The normalized spacial score (nSPS) is 10.4. The maximum absolute atomic E-state index is 11.2. The van der Waals surface area contributed by atoms with Gasteiger partial charge >= 0.3 is 0 Å². The van der Waals surface area contributed by atoms with E-state index in [1.807, 2.05) is 0 Å². The molecule has 4 heteroatoms. The van der Waals surface area contributed by atoms with E-state index in [0.29, 0.717) is 4.73 Å². The van der Waals surface area contributed by atoms with E-state index in [1.54, 1.807) is 32.3 Å². The van der Waals surface area contributed by atoms with Crippen LogP contribution in [0, 0.1) is 5.21 Å². The Morgan fingerprint density at radius 2 is 2.00 bits per heavy atom. The molecule has 0 fully saturated rings. The molecule has 1 amide bonds. The summed E-state index contributed by atoms with van der Waals surface area (Å²) in [6.45, 7) is 0. The van der Waals surface area contributed by atoms with Crippen LogP contribution in [0.2, 0.25) is 0 Å². The van der Waals surface area contributed by atoms with Crippen LogP contribution >= 0.6 is 0 Å². The van der Waals surface area contributed by atoms with Crippen molar-refractivity contribution in [2.24, 2.45) is 0 Å². The summed E-state index contributed by atoms with van der Waals surface area (Å²) in [5, 5.41) is 10.7. The molecule has 0 aromatic carbocycles. The van der Waals surface area contributed by atoms with Crippen molar-refractivity contribution >= 4 is 12.0 Å². The highest BCUT2D eigenvalue weighted by molar-refractivity contribution is 5.91. The van der Waals surface area contributed by atoms with Crippen molar-refractivity contribution in [3.05, 3.63) is 41.4 Å². The quantitative estimate of drug-likeness (QED) is 0.387. The Balaban J connectivity index is 2.69. The first kappa shape index (κ1) is 10.2. The van der Waals surface area contributed by atoms with E-state index in [9.17, 15) is 10.0 Å². The molecular formula is C10H12N2O2. The first-order chi connectivity index (χ1) is 6.59. The summed E-state index contributed by atoms with van der Waals surface area (Å²) in [5.74, 6) is -0.0798. The van der Waals surface area contributed by atoms with Gasteiger partial charge in [-0.3, -0.25) is 4.79 Å². The number of carbonyl (C=O) groups is 1. The molecule has 4 nitrogen and oxygen atoms in total. The number of hydrogen-bond acceptors (Lipinski definition) is 2. The molecule has 0 aliphatic rings. The van der Waals surface area contributed by atoms with Gasteiger partial charge in [-0.1, -0.05) is 0 Å². The number of aromatic nitrogens is 1. The van der Waals surface area contributed by atoms with Crippen molar-refractivity contribution < 1.29 is 9.52 Å². The van der Waals surface area contributed by atoms with E-state index >= 15 is 0 Å². The predicted octanol–water partition coefficient (Wildman–Crippen LogP) is 0.421. The zero-order valence-electron chi connectivity index (χ0n) is 8.18. The Morgan fingerprint density at radius 3 is 2.50 bits per heavy atom. The van der Waals surface area contributed by atoms with Crippen LogP contribution in [0.25, 0.3) is 6.08 Å². The second kappa shape index (κ2) is 4.41. The van der Waals surface area contributed by atoms with Gasteiger partial charge in [-0.25, -0.2) is 0 Å². The van der Waals surface area contributed by atoms with Gasteiger partial charge in [0.25, 0.3) is 0 Å². The summed E-state index contributed by atoms with van der Waals surface area (Å²) < 4.78 is 0.700. The first-order valence-electron chi connectivity index (χ1n) is 4.18. The minimum Gasteiger partial charge on any atom is -0.619 e. The van der Waals surface area contributed by atoms with E-state index in [2.05, 4.69) is 0 Å². The summed E-state index contributed by atoms with van der Waals surface area (Å²) in [4.78, 5) is 12.6. The molecule has 1 heterocycles. The number of rotatable bonds is 2. The van der Waals surface area contributed by atoms with Crippen LogP contribution in [0.1, 0.15) is 5.56 Å². The third kappa shape index (κ3) is 2.90. The zero-order chi connectivity index (χ0) is 10.6. The standard InChI is InChI=1S/C10H12N2O2/c1-11(2)10(13)4-3-9-5-7-12(14)8-6-9/h3-8H,1-2H3. The summed E-state index contributed by atoms with van der Waals surface area (Å²) >= 11 is 0. The summed E-state index contributed by atoms with van der Waals surface area (Å²) in [6.07, 6.45) is 5.91. The molecule has 0 unspecified atom stereocenters. The fraction of sp³-hybridized carbons (Fsp3) is 0.200. The Kier molecular flexibility index (Phi) is 3.23. The number of pyridine rings is 1. The third-order valence-corrected chi connectivity index (χ3v) is 1.69. The fourth-order valence-electron chi connectivity index (χ4n) is 0.852. The first-order valence-corrected chi connectivity index (χ1v) is 4.18. The Hall–Kier alpha value is -1.84. The van der Waals surface area contributed by atoms with Crippen LogP contribution in [0.5, 0.6) is 0 Å². The van der Waals surface area contributed by atoms with E-state index in [-0.39, 0.29) is 5.91 Å². The van der Waals surface area contributed by atoms with E-state index in [1.165, 1.54) is 23.4 Å². The average Bonchev–Trinajstić information content (AvgIpc) is 2.16. The van der Waals surface area contributed by atoms with Crippen molar-refractivity contribution in [3.63, 3.8) is 0 Å². The molecule has 0 aliphatic carbocycles. The Labute approximate surface area is 82.7 Å². The van der Waals surface area contributed by atoms with Crippen molar-refractivity contribution in [3.8, 4) is 0 Å². The Bertz CT molecular complexity index is 342. The molecule has 0 atom stereocenters. The summed E-state index contributed by atoms with van der Waals surface area (Å²) in [5.41, 5.74) is 0.826. The van der Waals surface area contributed by atoms with Gasteiger partial charge in [0, 0.05) is 32.3 Å². The topological polar surface area (TPSA) is 47.2 Å². The molecule has 1 aromatic heterocycles. The highest BCUT2D eigenvalue weighted by Crippen LogP contribution is 1.98. The van der Waals surface area contributed by atoms with Gasteiger partial charge in [0.1, 0.15) is 0 Å². The second-order valence-corrected chi connectivity index (χ2v) is 3.06. The van der Waals surface area contributed by atoms with Crippen LogP contribution in [-0.2, 0) is 4.79 Å². The van der Waals surface area contributed by atoms with Crippen LogP contribution in [-0.4, -0.2) is 24.9 Å². The van der Waals surface area contributed by atoms with Crippen LogP contribution in [0.4, 0.5) is 0 Å². The molecule has 0 N–H and O–H groups in total. The zero-order valence-corrected chi connectivity index (χ0v) is 8.18. The van der Waals surface area contributed by atoms with Gasteiger partial charge in [0.05, 0.1) is 0 Å². The average molecular weight is 192 g/mol. The fourth-order valence-corrected chi connectivity index (χ4v) is 0.852. The lowest BCUT2D eigenvalue weighted by molar-refractivity contribution is -0.605. The van der Waals surface area contributed by atoms with Crippen molar-refractivity contribution in [1.29, 1.82) is 0 Å². The smallest absolute Gasteiger partial charge is 0.246 e. The molecule has 0 saturated carbocycles. The highest BCUT2D eigenvalue weighted by atomic mass is 16.5. The summed E-state index contributed by atoms with van der Waals surface area (Å²) in [7, 11) is 3.37. The van der Waals surface area contributed by atoms with Gasteiger partial charge in [-0.15, -0.1) is 0 Å². The summed E-state index contributed by atoms with van der Waals surface area (Å²) in [6, 6.07) is 3.29. The monoisotopic (exact) mass is 192 g/mol. The van der Waals surface area contributed by atoms with Crippen LogP contribution in [0.3, 0.4) is 0 Å². The predicted molar refractivity (Wildman–Crippen MR) is 53.1 cm³/mol. The molecule has 1 rings (SSSR count). The molecule has 0 aliphatic heterocycles. The molecule has 0 saturated heterocycles.